The van der Waals surface area contributed by atoms with Gasteiger partial charge in [0.1, 0.15) is 11.6 Å². The summed E-state index contributed by atoms with van der Waals surface area (Å²) in [6.07, 6.45) is 0. The van der Waals surface area contributed by atoms with E-state index in [0.717, 1.165) is 22.1 Å². The average molecular weight is 390 g/mol. The molecule has 1 N–H and O–H groups in total. The number of hydrogen-bond donors (Lipinski definition) is 1. The largest absolute Gasteiger partial charge is 0.455 e. The fraction of sp³-hybridized carbons (Fsp3) is 0.150. The zero-order valence-corrected chi connectivity index (χ0v) is 15.4. The highest BCUT2D eigenvalue weighted by molar-refractivity contribution is 7.97. The second-order valence-corrected chi connectivity index (χ2v) is 7.12. The molecule has 0 unspecified atom stereocenters. The Morgan fingerprint density at radius 3 is 2.38 bits per heavy atom. The normalized spacial score (nSPS) is 10.7. The molecule has 0 aliphatic heterocycles. The second-order valence-electron chi connectivity index (χ2n) is 5.69. The molecule has 0 aliphatic carbocycles. The van der Waals surface area contributed by atoms with Gasteiger partial charge in [0.05, 0.1) is 5.75 Å². The van der Waals surface area contributed by atoms with Gasteiger partial charge in [-0.2, -0.15) is 0 Å². The molecule has 1 heterocycles. The smallest absolute Gasteiger partial charge is 0.287 e. The van der Waals surface area contributed by atoms with E-state index in [2.05, 4.69) is 5.32 Å². The number of carbonyl (C=O) groups is 1. The van der Waals surface area contributed by atoms with Gasteiger partial charge < -0.3 is 9.73 Å². The zero-order chi connectivity index (χ0) is 18.4. The van der Waals surface area contributed by atoms with Crippen LogP contribution in [0.4, 0.5) is 4.39 Å². The summed E-state index contributed by atoms with van der Waals surface area (Å²) in [6.45, 7) is 0.320. The maximum atomic E-state index is 12.9. The summed E-state index contributed by atoms with van der Waals surface area (Å²) >= 11 is 7.57. The lowest BCUT2D eigenvalue weighted by Gasteiger charge is -2.03. The average Bonchev–Trinajstić information content (AvgIpc) is 3.12. The summed E-state index contributed by atoms with van der Waals surface area (Å²) in [5, 5.41) is 3.48. The molecule has 0 radical (unpaired) electrons. The van der Waals surface area contributed by atoms with Gasteiger partial charge in [-0.1, -0.05) is 35.9 Å². The van der Waals surface area contributed by atoms with Crippen LogP contribution in [0.3, 0.4) is 0 Å². The molecular weight excluding hydrogens is 373 g/mol. The van der Waals surface area contributed by atoms with Crippen LogP contribution in [0.1, 0.15) is 27.4 Å². The van der Waals surface area contributed by atoms with E-state index in [1.54, 1.807) is 30.0 Å². The molecule has 26 heavy (non-hydrogen) atoms. The lowest BCUT2D eigenvalue weighted by molar-refractivity contribution is 0.0922. The van der Waals surface area contributed by atoms with E-state index < -0.39 is 0 Å². The van der Waals surface area contributed by atoms with Crippen LogP contribution < -0.4 is 5.32 Å². The van der Waals surface area contributed by atoms with Crippen LogP contribution >= 0.6 is 23.4 Å². The maximum Gasteiger partial charge on any atom is 0.287 e. The number of nitrogens with one attached hydrogen (secondary N) is 1. The summed E-state index contributed by atoms with van der Waals surface area (Å²) in [4.78, 5) is 12.1. The third-order valence-corrected chi connectivity index (χ3v) is 4.96. The van der Waals surface area contributed by atoms with Gasteiger partial charge in [0.15, 0.2) is 5.76 Å². The monoisotopic (exact) mass is 389 g/mol. The van der Waals surface area contributed by atoms with Crippen LogP contribution in [0.15, 0.2) is 65.1 Å². The van der Waals surface area contributed by atoms with Crippen LogP contribution in [0.5, 0.6) is 0 Å². The van der Waals surface area contributed by atoms with E-state index in [1.807, 2.05) is 30.3 Å². The third-order valence-electron chi connectivity index (χ3n) is 3.68. The first-order chi connectivity index (χ1) is 12.6. The second kappa shape index (κ2) is 8.92. The number of benzene rings is 2. The summed E-state index contributed by atoms with van der Waals surface area (Å²) in [7, 11) is 0. The van der Waals surface area contributed by atoms with Crippen LogP contribution in [0.2, 0.25) is 5.02 Å². The summed E-state index contributed by atoms with van der Waals surface area (Å²) in [5.41, 5.74) is 2.01. The Hall–Kier alpha value is -2.24. The van der Waals surface area contributed by atoms with Crippen LogP contribution in [-0.2, 0) is 18.1 Å². The lowest BCUT2D eigenvalue weighted by atomic mass is 10.2. The van der Waals surface area contributed by atoms with Crippen molar-refractivity contribution in [1.82, 2.24) is 5.32 Å². The van der Waals surface area contributed by atoms with Crippen molar-refractivity contribution >= 4 is 29.3 Å². The van der Waals surface area contributed by atoms with Crippen molar-refractivity contribution in [2.45, 2.75) is 18.1 Å². The Morgan fingerprint density at radius 2 is 1.65 bits per heavy atom. The molecule has 3 aromatic rings. The zero-order valence-electron chi connectivity index (χ0n) is 13.9. The molecule has 1 amide bonds. The number of hydrogen-bond acceptors (Lipinski definition) is 3. The van der Waals surface area contributed by atoms with E-state index in [0.29, 0.717) is 12.3 Å². The Balaban J connectivity index is 1.46. The minimum Gasteiger partial charge on any atom is -0.455 e. The summed E-state index contributed by atoms with van der Waals surface area (Å²) in [5.74, 6) is 1.94. The van der Waals surface area contributed by atoms with Gasteiger partial charge in [0.25, 0.3) is 5.91 Å². The highest BCUT2D eigenvalue weighted by atomic mass is 35.5. The number of furan rings is 1. The molecule has 134 valence electrons. The van der Waals surface area contributed by atoms with E-state index in [1.165, 1.54) is 17.7 Å². The molecule has 0 saturated carbocycles. The molecule has 3 rings (SSSR count). The van der Waals surface area contributed by atoms with Gasteiger partial charge in [0.2, 0.25) is 0 Å². The van der Waals surface area contributed by atoms with Gasteiger partial charge in [-0.15, -0.1) is 11.8 Å². The predicted octanol–water partition coefficient (Wildman–Crippen LogP) is 5.44. The Labute approximate surface area is 160 Å². The van der Waals surface area contributed by atoms with Crippen molar-refractivity contribution in [3.8, 4) is 0 Å². The molecule has 0 atom stereocenters. The van der Waals surface area contributed by atoms with Crippen molar-refractivity contribution < 1.29 is 13.6 Å². The number of carbonyl (C=O) groups excluding carboxylic acids is 1. The van der Waals surface area contributed by atoms with Gasteiger partial charge in [-0.05, 0) is 47.5 Å². The van der Waals surface area contributed by atoms with E-state index >= 15 is 0 Å². The Bertz CT molecular complexity index is 862. The maximum absolute atomic E-state index is 12.9. The van der Waals surface area contributed by atoms with Crippen molar-refractivity contribution in [3.63, 3.8) is 0 Å². The molecule has 3 nitrogen and oxygen atoms in total. The van der Waals surface area contributed by atoms with E-state index in [4.69, 9.17) is 16.0 Å². The SMILES string of the molecule is O=C(NCc1ccc(F)cc1)c1ccc(CSCc2ccc(Cl)cc2)o1. The fourth-order valence-corrected chi connectivity index (χ4v) is 3.31. The molecule has 0 spiro atoms. The van der Waals surface area contributed by atoms with Gasteiger partial charge in [-0.25, -0.2) is 4.39 Å². The lowest BCUT2D eigenvalue weighted by Crippen LogP contribution is -2.22. The molecular formula is C20H17ClFNO2S. The van der Waals surface area contributed by atoms with Crippen LogP contribution in [0, 0.1) is 5.82 Å². The van der Waals surface area contributed by atoms with Gasteiger partial charge >= 0.3 is 0 Å². The van der Waals surface area contributed by atoms with Crippen molar-refractivity contribution in [2.24, 2.45) is 0 Å². The summed E-state index contributed by atoms with van der Waals surface area (Å²) in [6, 6.07) is 17.2. The predicted molar refractivity (Wildman–Crippen MR) is 103 cm³/mol. The van der Waals surface area contributed by atoms with Crippen LogP contribution in [0.25, 0.3) is 0 Å². The number of halogens is 2. The molecule has 0 bridgehead atoms. The summed E-state index contributed by atoms with van der Waals surface area (Å²) < 4.78 is 18.5. The van der Waals surface area contributed by atoms with Gasteiger partial charge in [0, 0.05) is 17.3 Å². The van der Waals surface area contributed by atoms with E-state index in [-0.39, 0.29) is 17.5 Å². The number of rotatable bonds is 7. The highest BCUT2D eigenvalue weighted by Gasteiger charge is 2.11. The van der Waals surface area contributed by atoms with Crippen molar-refractivity contribution in [3.05, 3.63) is 94.2 Å². The van der Waals surface area contributed by atoms with Crippen molar-refractivity contribution in [2.75, 3.05) is 0 Å². The molecule has 2 aromatic carbocycles. The topological polar surface area (TPSA) is 42.2 Å². The van der Waals surface area contributed by atoms with Gasteiger partial charge in [-0.3, -0.25) is 4.79 Å². The minimum absolute atomic E-state index is 0.272. The van der Waals surface area contributed by atoms with Crippen molar-refractivity contribution in [1.29, 1.82) is 0 Å². The first-order valence-corrected chi connectivity index (χ1v) is 9.57. The first-order valence-electron chi connectivity index (χ1n) is 8.04. The molecule has 6 heteroatoms. The third kappa shape index (κ3) is 5.38. The molecule has 0 aliphatic rings. The highest BCUT2D eigenvalue weighted by Crippen LogP contribution is 2.21. The molecule has 1 aromatic heterocycles. The minimum atomic E-state index is -0.299. The van der Waals surface area contributed by atoms with E-state index in [9.17, 15) is 9.18 Å². The Kier molecular flexibility index (Phi) is 6.36. The molecule has 0 saturated heterocycles. The molecule has 0 fully saturated rings. The number of amides is 1. The quantitative estimate of drug-likeness (QED) is 0.585. The fourth-order valence-electron chi connectivity index (χ4n) is 2.30. The Morgan fingerprint density at radius 1 is 0.962 bits per heavy atom. The number of thioether (sulfide) groups is 1. The first kappa shape index (κ1) is 18.5. The van der Waals surface area contributed by atoms with Crippen LogP contribution in [-0.4, -0.2) is 5.91 Å². The standard InChI is InChI=1S/C20H17ClFNO2S/c21-16-5-1-15(2-6-16)12-26-13-18-9-10-19(25-18)20(24)23-11-14-3-7-17(22)8-4-14/h1-10H,11-13H2,(H,23,24).